The number of amides is 1. The van der Waals surface area contributed by atoms with E-state index in [-0.39, 0.29) is 11.9 Å². The van der Waals surface area contributed by atoms with E-state index in [0.717, 1.165) is 17.7 Å². The van der Waals surface area contributed by atoms with Crippen LogP contribution in [0, 0.1) is 0 Å². The summed E-state index contributed by atoms with van der Waals surface area (Å²) in [5.74, 6) is 0.0625. The highest BCUT2D eigenvalue weighted by Gasteiger charge is 2.23. The van der Waals surface area contributed by atoms with Gasteiger partial charge in [-0.05, 0) is 6.92 Å². The summed E-state index contributed by atoms with van der Waals surface area (Å²) in [4.78, 5) is 42.8. The molecule has 1 saturated heterocycles. The maximum Gasteiger partial charge on any atom is 0.332 e. The highest BCUT2D eigenvalue weighted by molar-refractivity contribution is 5.77. The van der Waals surface area contributed by atoms with Gasteiger partial charge in [0.2, 0.25) is 5.91 Å². The van der Waals surface area contributed by atoms with Gasteiger partial charge < -0.3 is 14.8 Å². The molecule has 3 rings (SSSR count). The van der Waals surface area contributed by atoms with Gasteiger partial charge in [-0.2, -0.15) is 0 Å². The van der Waals surface area contributed by atoms with E-state index in [4.69, 9.17) is 0 Å². The van der Waals surface area contributed by atoms with Crippen molar-refractivity contribution >= 4 is 17.1 Å². The summed E-state index contributed by atoms with van der Waals surface area (Å²) in [6.07, 6.45) is 1.81. The average molecular weight is 334 g/mol. The molecule has 1 aliphatic rings. The fraction of sp³-hybridized carbons (Fsp3) is 0.600. The van der Waals surface area contributed by atoms with E-state index in [1.807, 2.05) is 11.8 Å². The first-order valence-electron chi connectivity index (χ1n) is 8.03. The number of nitrogens with zero attached hydrogens (tertiary/aromatic N) is 5. The van der Waals surface area contributed by atoms with Gasteiger partial charge in [0.05, 0.1) is 6.33 Å². The number of aromatic nitrogens is 4. The molecular weight excluding hydrogens is 312 g/mol. The maximum absolute atomic E-state index is 12.4. The first kappa shape index (κ1) is 16.4. The van der Waals surface area contributed by atoms with Gasteiger partial charge in [-0.15, -0.1) is 0 Å². The van der Waals surface area contributed by atoms with Gasteiger partial charge in [-0.3, -0.25) is 18.7 Å². The van der Waals surface area contributed by atoms with Crippen LogP contribution in [0.2, 0.25) is 0 Å². The summed E-state index contributed by atoms with van der Waals surface area (Å²) in [6.45, 7) is 4.66. The van der Waals surface area contributed by atoms with Gasteiger partial charge in [0.15, 0.2) is 11.2 Å². The molecule has 2 aromatic rings. The Morgan fingerprint density at radius 1 is 1.33 bits per heavy atom. The van der Waals surface area contributed by atoms with Crippen LogP contribution in [0.25, 0.3) is 11.2 Å². The molecule has 0 aliphatic carbocycles. The number of aryl methyl sites for hydroxylation is 2. The monoisotopic (exact) mass is 334 g/mol. The first-order valence-corrected chi connectivity index (χ1v) is 8.03. The van der Waals surface area contributed by atoms with E-state index in [1.54, 1.807) is 11.6 Å². The van der Waals surface area contributed by atoms with Gasteiger partial charge in [-0.1, -0.05) is 0 Å². The number of hydrogen-bond donors (Lipinski definition) is 1. The van der Waals surface area contributed by atoms with Crippen LogP contribution in [0.5, 0.6) is 0 Å². The predicted molar refractivity (Wildman–Crippen MR) is 88.9 cm³/mol. The minimum Gasteiger partial charge on any atom is -0.337 e. The number of fused-ring (bicyclic) bond motifs is 1. The zero-order chi connectivity index (χ0) is 17.4. The third kappa shape index (κ3) is 2.64. The number of rotatable bonds is 3. The van der Waals surface area contributed by atoms with Crippen LogP contribution in [0.15, 0.2) is 15.9 Å². The quantitative estimate of drug-likeness (QED) is 0.748. The molecule has 1 fully saturated rings. The Morgan fingerprint density at radius 2 is 2.08 bits per heavy atom. The highest BCUT2D eigenvalue weighted by Crippen LogP contribution is 2.09. The Balaban J connectivity index is 1.85. The molecule has 130 valence electrons. The molecule has 3 heterocycles. The van der Waals surface area contributed by atoms with Gasteiger partial charge in [-0.25, -0.2) is 9.78 Å². The zero-order valence-electron chi connectivity index (χ0n) is 14.2. The van der Waals surface area contributed by atoms with Crippen molar-refractivity contribution in [2.45, 2.75) is 25.9 Å². The number of piperazine rings is 1. The fourth-order valence-electron chi connectivity index (χ4n) is 3.14. The predicted octanol–water partition coefficient (Wildman–Crippen LogP) is -1.36. The number of imidazole rings is 1. The third-order valence-corrected chi connectivity index (χ3v) is 4.61. The van der Waals surface area contributed by atoms with Crippen LogP contribution in [0.1, 0.15) is 13.3 Å². The van der Waals surface area contributed by atoms with Crippen LogP contribution >= 0.6 is 0 Å². The van der Waals surface area contributed by atoms with Gasteiger partial charge >= 0.3 is 5.69 Å². The SMILES string of the molecule is C[C@@H]1CNCCN1C(=O)CCn1cnc2c1c(=O)n(C)c(=O)n2C. The molecule has 9 heteroatoms. The first-order chi connectivity index (χ1) is 11.4. The van der Waals surface area contributed by atoms with Crippen molar-refractivity contribution in [3.05, 3.63) is 27.2 Å². The molecule has 0 saturated carbocycles. The van der Waals surface area contributed by atoms with Crippen molar-refractivity contribution in [2.75, 3.05) is 19.6 Å². The normalized spacial score (nSPS) is 18.3. The number of hydrogen-bond acceptors (Lipinski definition) is 5. The van der Waals surface area contributed by atoms with Crippen molar-refractivity contribution in [2.24, 2.45) is 14.1 Å². The van der Waals surface area contributed by atoms with Crippen LogP contribution in [0.4, 0.5) is 0 Å². The summed E-state index contributed by atoms with van der Waals surface area (Å²) in [7, 11) is 3.02. The van der Waals surface area contributed by atoms with E-state index in [2.05, 4.69) is 10.3 Å². The van der Waals surface area contributed by atoms with Gasteiger partial charge in [0.25, 0.3) is 5.56 Å². The number of nitrogens with one attached hydrogen (secondary N) is 1. The molecule has 0 radical (unpaired) electrons. The Hall–Kier alpha value is -2.42. The zero-order valence-corrected chi connectivity index (χ0v) is 14.2. The summed E-state index contributed by atoms with van der Waals surface area (Å²) in [6, 6.07) is 0.166. The lowest BCUT2D eigenvalue weighted by Gasteiger charge is -2.34. The summed E-state index contributed by atoms with van der Waals surface area (Å²) in [5.41, 5.74) is -0.121. The summed E-state index contributed by atoms with van der Waals surface area (Å²) in [5, 5.41) is 3.25. The largest absolute Gasteiger partial charge is 0.337 e. The molecule has 0 unspecified atom stereocenters. The Bertz CT molecular complexity index is 893. The number of carbonyl (C=O) groups is 1. The van der Waals surface area contributed by atoms with Crippen LogP contribution in [0.3, 0.4) is 0 Å². The van der Waals surface area contributed by atoms with E-state index in [0.29, 0.717) is 30.7 Å². The van der Waals surface area contributed by atoms with E-state index in [9.17, 15) is 14.4 Å². The molecule has 24 heavy (non-hydrogen) atoms. The standard InChI is InChI=1S/C15H22N6O3/c1-10-8-16-5-7-21(10)11(22)4-6-20-9-17-13-12(20)14(23)19(3)15(24)18(13)2/h9-10,16H,4-8H2,1-3H3/t10-/m1/s1. The lowest BCUT2D eigenvalue weighted by atomic mass is 10.2. The minimum absolute atomic E-state index is 0.0625. The molecular formula is C15H22N6O3. The van der Waals surface area contributed by atoms with Crippen LogP contribution in [-0.2, 0) is 25.4 Å². The van der Waals surface area contributed by atoms with E-state index >= 15 is 0 Å². The highest BCUT2D eigenvalue weighted by atomic mass is 16.2. The van der Waals surface area contributed by atoms with Crippen molar-refractivity contribution < 1.29 is 4.79 Å². The van der Waals surface area contributed by atoms with Crippen molar-refractivity contribution in [3.8, 4) is 0 Å². The van der Waals surface area contributed by atoms with Gasteiger partial charge in [0, 0.05) is 52.7 Å². The van der Waals surface area contributed by atoms with Crippen molar-refractivity contribution in [1.29, 1.82) is 0 Å². The number of carbonyl (C=O) groups excluding carboxylic acids is 1. The second kappa shape index (κ2) is 6.23. The topological polar surface area (TPSA) is 94.2 Å². The molecule has 9 nitrogen and oxygen atoms in total. The van der Waals surface area contributed by atoms with Crippen LogP contribution in [-0.4, -0.2) is 55.2 Å². The smallest absolute Gasteiger partial charge is 0.332 e. The minimum atomic E-state index is -0.413. The van der Waals surface area contributed by atoms with Crippen molar-refractivity contribution in [3.63, 3.8) is 0 Å². The molecule has 0 bridgehead atoms. The molecule has 1 N–H and O–H groups in total. The van der Waals surface area contributed by atoms with E-state index < -0.39 is 11.2 Å². The Kier molecular flexibility index (Phi) is 4.27. The van der Waals surface area contributed by atoms with Crippen LogP contribution < -0.4 is 16.6 Å². The lowest BCUT2D eigenvalue weighted by Crippen LogP contribution is -2.52. The molecule has 0 aromatic carbocycles. The fourth-order valence-corrected chi connectivity index (χ4v) is 3.14. The summed E-state index contributed by atoms with van der Waals surface area (Å²) < 4.78 is 4.05. The lowest BCUT2D eigenvalue weighted by molar-refractivity contribution is -0.134. The van der Waals surface area contributed by atoms with E-state index in [1.165, 1.54) is 17.9 Å². The third-order valence-electron chi connectivity index (χ3n) is 4.61. The molecule has 0 spiro atoms. The average Bonchev–Trinajstić information content (AvgIpc) is 3.00. The van der Waals surface area contributed by atoms with Gasteiger partial charge in [0.1, 0.15) is 0 Å². The second-order valence-corrected chi connectivity index (χ2v) is 6.21. The molecule has 1 aliphatic heterocycles. The second-order valence-electron chi connectivity index (χ2n) is 6.21. The molecule has 1 atom stereocenters. The Morgan fingerprint density at radius 3 is 2.79 bits per heavy atom. The maximum atomic E-state index is 12.4. The van der Waals surface area contributed by atoms with Crippen molar-refractivity contribution in [1.82, 2.24) is 28.9 Å². The Labute approximate surface area is 138 Å². The molecule has 1 amide bonds. The summed E-state index contributed by atoms with van der Waals surface area (Å²) >= 11 is 0. The molecule has 2 aromatic heterocycles.